The second kappa shape index (κ2) is 9.75. The number of rotatable bonds is 8. The van der Waals surface area contributed by atoms with Crippen LogP contribution in [0.15, 0.2) is 23.0 Å². The summed E-state index contributed by atoms with van der Waals surface area (Å²) in [5, 5.41) is 3.34. The highest BCUT2D eigenvalue weighted by Gasteiger charge is 2.17. The number of nitrogens with zero attached hydrogens (tertiary/aromatic N) is 1. The maximum atomic E-state index is 12.8. The first-order valence-electron chi connectivity index (χ1n) is 9.30. The topological polar surface area (TPSA) is 74.4 Å². The summed E-state index contributed by atoms with van der Waals surface area (Å²) in [6.07, 6.45) is 0. The fraction of sp³-hybridized carbons (Fsp3) is 0.429. The first-order valence-corrected chi connectivity index (χ1v) is 9.67. The van der Waals surface area contributed by atoms with Crippen molar-refractivity contribution >= 4 is 23.2 Å². The molecule has 28 heavy (non-hydrogen) atoms. The molecule has 0 fully saturated rings. The van der Waals surface area contributed by atoms with Crippen LogP contribution in [-0.4, -0.2) is 37.7 Å². The van der Waals surface area contributed by atoms with Gasteiger partial charge < -0.3 is 19.9 Å². The number of amides is 1. The molecular formula is C21H28ClN3O3. The van der Waals surface area contributed by atoms with E-state index in [1.807, 2.05) is 39.8 Å². The Bertz CT molecular complexity index is 908. The molecule has 0 aliphatic carbocycles. The number of aryl methyl sites for hydroxylation is 2. The van der Waals surface area contributed by atoms with Gasteiger partial charge in [0, 0.05) is 54.3 Å². The van der Waals surface area contributed by atoms with Crippen LogP contribution >= 0.6 is 11.6 Å². The molecule has 2 rings (SSSR count). The highest BCUT2D eigenvalue weighted by molar-refractivity contribution is 6.31. The van der Waals surface area contributed by atoms with Crippen molar-refractivity contribution in [1.82, 2.24) is 10.3 Å². The van der Waals surface area contributed by atoms with E-state index in [2.05, 4.69) is 15.2 Å². The van der Waals surface area contributed by atoms with E-state index >= 15 is 0 Å². The van der Waals surface area contributed by atoms with Crippen LogP contribution in [0, 0.1) is 20.8 Å². The van der Waals surface area contributed by atoms with Crippen LogP contribution in [0.2, 0.25) is 5.02 Å². The van der Waals surface area contributed by atoms with Gasteiger partial charge in [0.25, 0.3) is 11.5 Å². The third-order valence-electron chi connectivity index (χ3n) is 4.80. The number of H-pyrrole nitrogens is 1. The van der Waals surface area contributed by atoms with Gasteiger partial charge in [0.05, 0.1) is 6.61 Å². The minimum Gasteiger partial charge on any atom is -0.383 e. The van der Waals surface area contributed by atoms with Gasteiger partial charge in [-0.2, -0.15) is 0 Å². The smallest absolute Gasteiger partial charge is 0.253 e. The van der Waals surface area contributed by atoms with E-state index < -0.39 is 0 Å². The highest BCUT2D eigenvalue weighted by Crippen LogP contribution is 2.28. The molecule has 152 valence electrons. The number of halogens is 1. The normalized spacial score (nSPS) is 10.8. The molecule has 0 aliphatic heterocycles. The molecule has 6 nitrogen and oxygen atoms in total. The van der Waals surface area contributed by atoms with E-state index in [-0.39, 0.29) is 18.0 Å². The Morgan fingerprint density at radius 2 is 1.96 bits per heavy atom. The number of aromatic amines is 1. The van der Waals surface area contributed by atoms with Gasteiger partial charge in [-0.15, -0.1) is 0 Å². The van der Waals surface area contributed by atoms with Gasteiger partial charge in [-0.25, -0.2) is 0 Å². The van der Waals surface area contributed by atoms with Crippen LogP contribution in [0.4, 0.5) is 5.69 Å². The molecule has 1 aromatic heterocycles. The maximum absolute atomic E-state index is 12.8. The van der Waals surface area contributed by atoms with Crippen molar-refractivity contribution in [3.8, 4) is 0 Å². The fourth-order valence-electron chi connectivity index (χ4n) is 3.24. The molecule has 0 radical (unpaired) electrons. The van der Waals surface area contributed by atoms with Crippen molar-refractivity contribution in [3.63, 3.8) is 0 Å². The summed E-state index contributed by atoms with van der Waals surface area (Å²) in [5.41, 5.74) is 4.26. The average molecular weight is 406 g/mol. The minimum absolute atomic E-state index is 0.155. The van der Waals surface area contributed by atoms with E-state index in [9.17, 15) is 9.59 Å². The molecular weight excluding hydrogens is 378 g/mol. The molecule has 7 heteroatoms. The van der Waals surface area contributed by atoms with E-state index in [1.54, 1.807) is 13.2 Å². The predicted molar refractivity (Wildman–Crippen MR) is 114 cm³/mol. The quantitative estimate of drug-likeness (QED) is 0.706. The van der Waals surface area contributed by atoms with Crippen molar-refractivity contribution in [3.05, 3.63) is 61.5 Å². The molecule has 2 N–H and O–H groups in total. The second-order valence-electron chi connectivity index (χ2n) is 6.80. The first-order chi connectivity index (χ1) is 13.3. The number of pyridine rings is 1. The van der Waals surface area contributed by atoms with Gasteiger partial charge >= 0.3 is 0 Å². The lowest BCUT2D eigenvalue weighted by Crippen LogP contribution is -2.30. The van der Waals surface area contributed by atoms with Gasteiger partial charge in [0.15, 0.2) is 0 Å². The molecule has 0 unspecified atom stereocenters. The van der Waals surface area contributed by atoms with Crippen LogP contribution in [0.5, 0.6) is 0 Å². The SMILES string of the molecule is CCN(CCOC)c1cc(Cl)cc(C(=O)NCc2c(C)cc(C)[nH]c2=O)c1C. The monoisotopic (exact) mass is 405 g/mol. The lowest BCUT2D eigenvalue weighted by molar-refractivity contribution is 0.0950. The summed E-state index contributed by atoms with van der Waals surface area (Å²) in [5.74, 6) is -0.261. The van der Waals surface area contributed by atoms with Gasteiger partial charge in [-0.1, -0.05) is 11.6 Å². The number of carbonyl (C=O) groups is 1. The standard InChI is InChI=1S/C21H28ClN3O3/c1-6-25(7-8-28-5)19-11-16(22)10-17(15(19)4)20(26)23-12-18-13(2)9-14(3)24-21(18)27/h9-11H,6-8,12H2,1-5H3,(H,23,26)(H,24,27). The summed E-state index contributed by atoms with van der Waals surface area (Å²) in [4.78, 5) is 29.9. The lowest BCUT2D eigenvalue weighted by atomic mass is 10.0. The Kier molecular flexibility index (Phi) is 7.66. The zero-order valence-corrected chi connectivity index (χ0v) is 17.9. The van der Waals surface area contributed by atoms with Gasteiger partial charge in [-0.05, 0) is 57.0 Å². The highest BCUT2D eigenvalue weighted by atomic mass is 35.5. The molecule has 0 spiro atoms. The number of aromatic nitrogens is 1. The summed E-state index contributed by atoms with van der Waals surface area (Å²) < 4.78 is 5.18. The van der Waals surface area contributed by atoms with E-state index in [4.69, 9.17) is 16.3 Å². The summed E-state index contributed by atoms with van der Waals surface area (Å²) >= 11 is 6.29. The van der Waals surface area contributed by atoms with Crippen molar-refractivity contribution in [2.75, 3.05) is 31.7 Å². The first kappa shape index (κ1) is 22.0. The van der Waals surface area contributed by atoms with Crippen molar-refractivity contribution < 1.29 is 9.53 Å². The molecule has 1 amide bonds. The third-order valence-corrected chi connectivity index (χ3v) is 5.02. The number of anilines is 1. The van der Waals surface area contributed by atoms with Crippen molar-refractivity contribution in [2.45, 2.75) is 34.2 Å². The van der Waals surface area contributed by atoms with Gasteiger partial charge in [0.1, 0.15) is 0 Å². The van der Waals surface area contributed by atoms with Gasteiger partial charge in [-0.3, -0.25) is 9.59 Å². The molecule has 0 saturated carbocycles. The minimum atomic E-state index is -0.261. The molecule has 0 aliphatic rings. The van der Waals surface area contributed by atoms with Crippen LogP contribution in [0.25, 0.3) is 0 Å². The largest absolute Gasteiger partial charge is 0.383 e. The average Bonchev–Trinajstić information content (AvgIpc) is 2.63. The number of nitrogens with one attached hydrogen (secondary N) is 2. The summed E-state index contributed by atoms with van der Waals surface area (Å²) in [6, 6.07) is 5.41. The van der Waals surface area contributed by atoms with Crippen molar-refractivity contribution in [2.24, 2.45) is 0 Å². The van der Waals surface area contributed by atoms with Crippen LogP contribution < -0.4 is 15.8 Å². The molecule has 0 saturated heterocycles. The number of hydrogen-bond acceptors (Lipinski definition) is 4. The Hall–Kier alpha value is -2.31. The van der Waals surface area contributed by atoms with E-state index in [0.717, 1.165) is 29.1 Å². The molecule has 1 heterocycles. The van der Waals surface area contributed by atoms with Crippen LogP contribution in [-0.2, 0) is 11.3 Å². The summed E-state index contributed by atoms with van der Waals surface area (Å²) in [7, 11) is 1.66. The van der Waals surface area contributed by atoms with Crippen LogP contribution in [0.3, 0.4) is 0 Å². The number of ether oxygens (including phenoxy) is 1. The number of methoxy groups -OCH3 is 1. The zero-order chi connectivity index (χ0) is 20.8. The van der Waals surface area contributed by atoms with Crippen molar-refractivity contribution in [1.29, 1.82) is 0 Å². The maximum Gasteiger partial charge on any atom is 0.253 e. The molecule has 0 bridgehead atoms. The van der Waals surface area contributed by atoms with Gasteiger partial charge in [0.2, 0.25) is 0 Å². The number of benzene rings is 1. The van der Waals surface area contributed by atoms with E-state index in [0.29, 0.717) is 29.3 Å². The molecule has 2 aromatic rings. The predicted octanol–water partition coefficient (Wildman–Crippen LogP) is 3.36. The lowest BCUT2D eigenvalue weighted by Gasteiger charge is -2.26. The Labute approximate surface area is 170 Å². The zero-order valence-electron chi connectivity index (χ0n) is 17.1. The third kappa shape index (κ3) is 5.14. The van der Waals surface area contributed by atoms with E-state index in [1.165, 1.54) is 0 Å². The number of likely N-dealkylation sites (N-methyl/N-ethyl adjacent to an activating group) is 1. The fourth-order valence-corrected chi connectivity index (χ4v) is 3.46. The summed E-state index contributed by atoms with van der Waals surface area (Å²) in [6.45, 7) is 9.84. The molecule has 0 atom stereocenters. The Balaban J connectivity index is 2.27. The van der Waals surface area contributed by atoms with Crippen LogP contribution in [0.1, 0.15) is 39.7 Å². The Morgan fingerprint density at radius 3 is 2.57 bits per heavy atom. The second-order valence-corrected chi connectivity index (χ2v) is 7.23. The number of hydrogen-bond donors (Lipinski definition) is 2. The Morgan fingerprint density at radius 1 is 1.25 bits per heavy atom. The molecule has 1 aromatic carbocycles. The number of carbonyl (C=O) groups excluding carboxylic acids is 1.